The Bertz CT molecular complexity index is 428. The Kier molecular flexibility index (Phi) is 2.32. The lowest BCUT2D eigenvalue weighted by molar-refractivity contribution is 1.38. The van der Waals surface area contributed by atoms with Crippen LogP contribution >= 0.6 is 38.5 Å². The Hall–Kier alpha value is -0.160. The summed E-state index contributed by atoms with van der Waals surface area (Å²) < 4.78 is 2.14. The van der Waals surface area contributed by atoms with Crippen LogP contribution < -0.4 is 0 Å². The molecular weight excluding hydrogens is 329 g/mol. The molecule has 0 fully saturated rings. The summed E-state index contributed by atoms with van der Waals surface area (Å²) in [5.41, 5.74) is 0.995. The Morgan fingerprint density at radius 2 is 2.25 bits per heavy atom. The van der Waals surface area contributed by atoms with Gasteiger partial charge in [-0.25, -0.2) is 0 Å². The highest BCUT2D eigenvalue weighted by molar-refractivity contribution is 14.1. The monoisotopic (exact) mass is 332 g/mol. The molecule has 0 atom stereocenters. The zero-order valence-corrected chi connectivity index (χ0v) is 9.76. The third-order valence-corrected chi connectivity index (χ3v) is 2.75. The average molecular weight is 333 g/mol. The van der Waals surface area contributed by atoms with Crippen LogP contribution in [-0.4, -0.2) is 4.98 Å². The van der Waals surface area contributed by atoms with Crippen LogP contribution in [-0.2, 0) is 0 Å². The number of pyridine rings is 1. The second kappa shape index (κ2) is 3.30. The van der Waals surface area contributed by atoms with Gasteiger partial charge < -0.3 is 0 Å². The van der Waals surface area contributed by atoms with Crippen molar-refractivity contribution in [1.29, 1.82) is 0 Å². The smallest absolute Gasteiger partial charge is 0.0845 e. The van der Waals surface area contributed by atoms with E-state index in [0.29, 0.717) is 0 Å². The number of hydrogen-bond donors (Lipinski definition) is 0. The predicted octanol–water partition coefficient (Wildman–Crippen LogP) is 3.40. The molecule has 12 heavy (non-hydrogen) atoms. The number of aromatic nitrogens is 1. The van der Waals surface area contributed by atoms with Crippen LogP contribution in [0.1, 0.15) is 0 Å². The number of benzene rings is 1. The largest absolute Gasteiger partial charge is 0.254 e. The zero-order valence-electron chi connectivity index (χ0n) is 6.01. The first-order valence-electron chi connectivity index (χ1n) is 3.38. The van der Waals surface area contributed by atoms with E-state index in [1.165, 1.54) is 0 Å². The maximum atomic E-state index is 4.31. The topological polar surface area (TPSA) is 12.9 Å². The van der Waals surface area contributed by atoms with Gasteiger partial charge in [0.2, 0.25) is 0 Å². The van der Waals surface area contributed by atoms with Gasteiger partial charge in [-0.2, -0.15) is 0 Å². The van der Waals surface area contributed by atoms with E-state index in [1.54, 1.807) is 0 Å². The molecule has 0 aliphatic carbocycles. The number of halogens is 2. The highest BCUT2D eigenvalue weighted by Gasteiger charge is 1.98. The summed E-state index contributed by atoms with van der Waals surface area (Å²) in [6, 6.07) is 8.95. The second-order valence-electron chi connectivity index (χ2n) is 2.39. The van der Waals surface area contributed by atoms with E-state index >= 15 is 0 Å². The molecule has 0 unspecified atom stereocenters. The summed E-state index contributed by atoms with van der Waals surface area (Å²) in [6.45, 7) is 0. The van der Waals surface area contributed by atoms with Crippen LogP contribution in [0.2, 0.25) is 0 Å². The Morgan fingerprint density at radius 3 is 3.08 bits per heavy atom. The van der Waals surface area contributed by atoms with Gasteiger partial charge in [0.25, 0.3) is 0 Å². The van der Waals surface area contributed by atoms with Gasteiger partial charge in [0, 0.05) is 19.6 Å². The molecule has 2 rings (SSSR count). The van der Waals surface area contributed by atoms with Gasteiger partial charge in [0.05, 0.1) is 5.52 Å². The molecule has 59 valence electrons. The molecule has 0 saturated heterocycles. The van der Waals surface area contributed by atoms with Crippen LogP contribution in [0.5, 0.6) is 0 Å². The van der Waals surface area contributed by atoms with Gasteiger partial charge in [-0.05, 0) is 62.8 Å². The molecule has 0 aliphatic rings. The third-order valence-electron chi connectivity index (χ3n) is 1.56. The van der Waals surface area contributed by atoms with E-state index in [2.05, 4.69) is 55.6 Å². The molecule has 0 saturated carbocycles. The lowest BCUT2D eigenvalue weighted by Crippen LogP contribution is -1.81. The second-order valence-corrected chi connectivity index (χ2v) is 4.49. The molecule has 1 heterocycles. The minimum atomic E-state index is 0.995. The predicted molar refractivity (Wildman–Crippen MR) is 61.0 cm³/mol. The average Bonchev–Trinajstić information content (AvgIpc) is 2.04. The summed E-state index contributed by atoms with van der Waals surface area (Å²) in [5, 5.41) is 1.12. The van der Waals surface area contributed by atoms with E-state index < -0.39 is 0 Å². The molecule has 0 amide bonds. The summed E-state index contributed by atoms with van der Waals surface area (Å²) in [4.78, 5) is 4.31. The minimum Gasteiger partial charge on any atom is -0.254 e. The minimum absolute atomic E-state index is 0.995. The van der Waals surface area contributed by atoms with Gasteiger partial charge >= 0.3 is 0 Å². The fraction of sp³-hybridized carbons (Fsp3) is 0. The molecule has 2 aromatic rings. The van der Waals surface area contributed by atoms with Crippen molar-refractivity contribution in [2.24, 2.45) is 0 Å². The van der Waals surface area contributed by atoms with Crippen LogP contribution in [0.4, 0.5) is 0 Å². The molecule has 0 N–H and O–H groups in total. The lowest BCUT2D eigenvalue weighted by Gasteiger charge is -1.98. The molecule has 1 aromatic carbocycles. The van der Waals surface area contributed by atoms with E-state index in [4.69, 9.17) is 0 Å². The summed E-state index contributed by atoms with van der Waals surface area (Å²) in [5.74, 6) is 0. The van der Waals surface area contributed by atoms with Crippen LogP contribution in [0.3, 0.4) is 0 Å². The van der Waals surface area contributed by atoms with Crippen molar-refractivity contribution in [3.8, 4) is 0 Å². The molecule has 0 bridgehead atoms. The summed E-state index contributed by atoms with van der Waals surface area (Å²) in [6.07, 6.45) is 1.85. The normalized spacial score (nSPS) is 10.5. The van der Waals surface area contributed by atoms with Crippen molar-refractivity contribution in [2.75, 3.05) is 0 Å². The van der Waals surface area contributed by atoms with Crippen LogP contribution in [0.15, 0.2) is 28.9 Å². The fourth-order valence-corrected chi connectivity index (χ4v) is 1.98. The van der Waals surface area contributed by atoms with Gasteiger partial charge in [-0.3, -0.25) is 4.98 Å². The van der Waals surface area contributed by atoms with Gasteiger partial charge in [-0.1, -0.05) is 0 Å². The lowest BCUT2D eigenvalue weighted by atomic mass is 10.2. The number of nitrogens with zero attached hydrogens (tertiary/aromatic N) is 1. The maximum Gasteiger partial charge on any atom is 0.0845 e. The summed E-state index contributed by atoms with van der Waals surface area (Å²) in [7, 11) is 0. The summed E-state index contributed by atoms with van der Waals surface area (Å²) >= 11 is 5.67. The quantitative estimate of drug-likeness (QED) is 0.674. The first-order valence-corrected chi connectivity index (χ1v) is 5.25. The fourth-order valence-electron chi connectivity index (χ4n) is 1.04. The van der Waals surface area contributed by atoms with Crippen molar-refractivity contribution < 1.29 is 0 Å². The van der Waals surface area contributed by atoms with Crippen molar-refractivity contribution in [1.82, 2.24) is 4.98 Å². The van der Waals surface area contributed by atoms with Crippen molar-refractivity contribution in [3.63, 3.8) is 0 Å². The van der Waals surface area contributed by atoms with Crippen LogP contribution in [0.25, 0.3) is 10.9 Å². The van der Waals surface area contributed by atoms with Crippen molar-refractivity contribution >= 4 is 49.4 Å². The zero-order chi connectivity index (χ0) is 8.55. The standard InChI is InChI=1S/C9H4BrIN/c10-8-3-1-2-6-4-7(11)5-12-9(6)8/h2-5H. The highest BCUT2D eigenvalue weighted by atomic mass is 127. The van der Waals surface area contributed by atoms with E-state index in [-0.39, 0.29) is 0 Å². The van der Waals surface area contributed by atoms with Gasteiger partial charge in [-0.15, -0.1) is 0 Å². The SMILES string of the molecule is Brc1c[c]cc2cc(I)cnc12. The van der Waals surface area contributed by atoms with Crippen LogP contribution in [0, 0.1) is 9.64 Å². The molecule has 1 nitrogen and oxygen atoms in total. The maximum absolute atomic E-state index is 4.31. The molecular formula is C9H4BrIN. The molecule has 0 aliphatic heterocycles. The molecule has 3 heteroatoms. The van der Waals surface area contributed by atoms with E-state index in [1.807, 2.05) is 18.3 Å². The first-order chi connectivity index (χ1) is 5.77. The Balaban J connectivity index is 2.86. The van der Waals surface area contributed by atoms with E-state index in [9.17, 15) is 0 Å². The Labute approximate surface area is 92.5 Å². The highest BCUT2D eigenvalue weighted by Crippen LogP contribution is 2.22. The van der Waals surface area contributed by atoms with Crippen molar-refractivity contribution in [3.05, 3.63) is 38.5 Å². The van der Waals surface area contributed by atoms with Gasteiger partial charge in [0.15, 0.2) is 0 Å². The third kappa shape index (κ3) is 1.47. The first kappa shape index (κ1) is 8.44. The molecule has 1 radical (unpaired) electrons. The molecule has 0 spiro atoms. The van der Waals surface area contributed by atoms with Gasteiger partial charge in [0.1, 0.15) is 0 Å². The molecule has 1 aromatic heterocycles. The van der Waals surface area contributed by atoms with Crippen molar-refractivity contribution in [2.45, 2.75) is 0 Å². The Morgan fingerprint density at radius 1 is 1.42 bits per heavy atom. The number of rotatable bonds is 0. The number of hydrogen-bond acceptors (Lipinski definition) is 1. The van der Waals surface area contributed by atoms with E-state index in [0.717, 1.165) is 18.9 Å². The number of fused-ring (bicyclic) bond motifs is 1.